The second-order valence-corrected chi connectivity index (χ2v) is 9.11. The highest BCUT2D eigenvalue weighted by Crippen LogP contribution is 2.28. The fraction of sp³-hybridized carbons (Fsp3) is 0.409. The Morgan fingerprint density at radius 2 is 2.14 bits per heavy atom. The summed E-state index contributed by atoms with van der Waals surface area (Å²) in [6.07, 6.45) is 8.59. The number of rotatable bonds is 5. The minimum atomic E-state index is 0.383. The van der Waals surface area contributed by atoms with Crippen LogP contribution in [0.15, 0.2) is 48.2 Å². The fourth-order valence-corrected chi connectivity index (χ4v) is 4.79. The molecule has 4 aromatic heterocycles. The lowest BCUT2D eigenvalue weighted by molar-refractivity contribution is 0.196. The maximum absolute atomic E-state index is 4.84. The molecule has 4 aromatic rings. The molecule has 0 aliphatic carbocycles. The number of hydrogen-bond acceptors (Lipinski definition) is 5. The van der Waals surface area contributed by atoms with E-state index in [2.05, 4.69) is 65.9 Å². The van der Waals surface area contributed by atoms with Gasteiger partial charge in [-0.3, -0.25) is 9.58 Å². The topological polar surface area (TPSA) is 51.2 Å². The van der Waals surface area contributed by atoms with Crippen LogP contribution in [0.5, 0.6) is 0 Å². The summed E-state index contributed by atoms with van der Waals surface area (Å²) in [7, 11) is 0. The van der Waals surface area contributed by atoms with Crippen molar-refractivity contribution < 1.29 is 0 Å². The van der Waals surface area contributed by atoms with Crippen molar-refractivity contribution in [3.8, 4) is 10.4 Å². The van der Waals surface area contributed by atoms with Gasteiger partial charge in [0.1, 0.15) is 0 Å². The first-order chi connectivity index (χ1) is 14.2. The predicted octanol–water partition coefficient (Wildman–Crippen LogP) is 4.61. The van der Waals surface area contributed by atoms with Crippen molar-refractivity contribution >= 4 is 17.0 Å². The molecule has 1 atom stereocenters. The van der Waals surface area contributed by atoms with E-state index in [1.165, 1.54) is 22.4 Å². The summed E-state index contributed by atoms with van der Waals surface area (Å²) in [4.78, 5) is 8.61. The summed E-state index contributed by atoms with van der Waals surface area (Å²) in [5.41, 5.74) is 3.40. The lowest BCUT2D eigenvalue weighted by Gasteiger charge is -2.30. The fourth-order valence-electron chi connectivity index (χ4n) is 4.07. The molecule has 0 N–H and O–H groups in total. The van der Waals surface area contributed by atoms with Gasteiger partial charge in [0.05, 0.1) is 6.20 Å². The molecule has 0 radical (unpaired) electrons. The van der Waals surface area contributed by atoms with E-state index in [0.717, 1.165) is 37.5 Å². The van der Waals surface area contributed by atoms with Crippen LogP contribution in [0, 0.1) is 0 Å². The van der Waals surface area contributed by atoms with Crippen LogP contribution >= 0.6 is 11.3 Å². The number of nitrogens with zero attached hydrogens (tertiary/aromatic N) is 6. The van der Waals surface area contributed by atoms with Crippen LogP contribution in [0.4, 0.5) is 0 Å². The highest BCUT2D eigenvalue weighted by Gasteiger charge is 2.25. The van der Waals surface area contributed by atoms with Gasteiger partial charge in [0.25, 0.3) is 0 Å². The molecule has 0 amide bonds. The molecule has 150 valence electrons. The zero-order chi connectivity index (χ0) is 19.8. The average Bonchev–Trinajstić information content (AvgIpc) is 3.47. The number of aromatic nitrogens is 5. The molecule has 0 aromatic carbocycles. The molecule has 6 nitrogen and oxygen atoms in total. The summed E-state index contributed by atoms with van der Waals surface area (Å²) in [5.74, 6) is 1.35. The van der Waals surface area contributed by atoms with Crippen molar-refractivity contribution in [1.29, 1.82) is 0 Å². The molecular formula is C22H26N6S. The zero-order valence-electron chi connectivity index (χ0n) is 16.9. The van der Waals surface area contributed by atoms with Crippen LogP contribution in [0.25, 0.3) is 16.1 Å². The molecule has 0 bridgehead atoms. The van der Waals surface area contributed by atoms with E-state index in [-0.39, 0.29) is 0 Å². The van der Waals surface area contributed by atoms with Crippen molar-refractivity contribution in [3.05, 3.63) is 59.6 Å². The second kappa shape index (κ2) is 7.72. The quantitative estimate of drug-likeness (QED) is 0.485. The molecule has 5 heterocycles. The van der Waals surface area contributed by atoms with E-state index >= 15 is 0 Å². The van der Waals surface area contributed by atoms with Gasteiger partial charge in [-0.1, -0.05) is 6.07 Å². The Bertz CT molecular complexity index is 1090. The van der Waals surface area contributed by atoms with Gasteiger partial charge in [0.15, 0.2) is 11.5 Å². The van der Waals surface area contributed by atoms with Gasteiger partial charge in [0, 0.05) is 53.4 Å². The maximum Gasteiger partial charge on any atom is 0.156 e. The second-order valence-electron chi connectivity index (χ2n) is 8.16. The van der Waals surface area contributed by atoms with Crippen molar-refractivity contribution in [3.63, 3.8) is 0 Å². The first kappa shape index (κ1) is 18.5. The van der Waals surface area contributed by atoms with Gasteiger partial charge in [-0.05, 0) is 56.8 Å². The molecule has 1 aliphatic heterocycles. The molecule has 0 unspecified atom stereocenters. The molecule has 5 rings (SSSR count). The minimum absolute atomic E-state index is 0.383. The third kappa shape index (κ3) is 3.84. The van der Waals surface area contributed by atoms with Gasteiger partial charge in [-0.25, -0.2) is 9.50 Å². The van der Waals surface area contributed by atoms with E-state index in [1.807, 2.05) is 15.4 Å². The summed E-state index contributed by atoms with van der Waals surface area (Å²) in [6, 6.07) is 8.84. The van der Waals surface area contributed by atoms with E-state index in [9.17, 15) is 0 Å². The Kier molecular flexibility index (Phi) is 4.93. The van der Waals surface area contributed by atoms with Crippen molar-refractivity contribution in [2.24, 2.45) is 0 Å². The number of piperidine rings is 1. The number of thiophene rings is 1. The number of hydrogen-bond donors (Lipinski definition) is 0. The van der Waals surface area contributed by atoms with Crippen LogP contribution in [-0.2, 0) is 6.54 Å². The predicted molar refractivity (Wildman–Crippen MR) is 116 cm³/mol. The third-order valence-electron chi connectivity index (χ3n) is 5.61. The Labute approximate surface area is 174 Å². The highest BCUT2D eigenvalue weighted by atomic mass is 32.1. The van der Waals surface area contributed by atoms with Gasteiger partial charge >= 0.3 is 0 Å². The van der Waals surface area contributed by atoms with Gasteiger partial charge in [-0.15, -0.1) is 11.3 Å². The normalized spacial score (nSPS) is 18.1. The van der Waals surface area contributed by atoms with Gasteiger partial charge in [-0.2, -0.15) is 10.2 Å². The van der Waals surface area contributed by atoms with Gasteiger partial charge in [0.2, 0.25) is 0 Å². The minimum Gasteiger partial charge on any atom is -0.298 e. The van der Waals surface area contributed by atoms with Crippen molar-refractivity contribution in [2.45, 2.75) is 45.2 Å². The highest BCUT2D eigenvalue weighted by molar-refractivity contribution is 7.13. The first-order valence-electron chi connectivity index (χ1n) is 10.3. The zero-order valence-corrected chi connectivity index (χ0v) is 17.7. The molecular weight excluding hydrogens is 380 g/mol. The largest absolute Gasteiger partial charge is 0.298 e. The Morgan fingerprint density at radius 3 is 2.93 bits per heavy atom. The SMILES string of the molecule is CC(C)n1cc(CN2CCC[C@@H](c3nc4ccc(-c5cccs5)cn4n3)C2)cn1. The van der Waals surface area contributed by atoms with Crippen LogP contribution < -0.4 is 0 Å². The first-order valence-corrected chi connectivity index (χ1v) is 11.2. The summed E-state index contributed by atoms with van der Waals surface area (Å²) < 4.78 is 3.97. The smallest absolute Gasteiger partial charge is 0.156 e. The van der Waals surface area contributed by atoms with Gasteiger partial charge < -0.3 is 0 Å². The Balaban J connectivity index is 1.32. The standard InChI is InChI=1S/C22H26N6S/c1-16(2)27-13-17(11-23-27)12-26-9-3-5-19(14-26)22-24-21-8-7-18(15-28(21)25-22)20-6-4-10-29-20/h4,6-8,10-11,13,15-16,19H,3,5,9,12,14H2,1-2H3/t19-/m1/s1. The molecule has 0 saturated carbocycles. The molecule has 0 spiro atoms. The summed E-state index contributed by atoms with van der Waals surface area (Å²) in [6.45, 7) is 7.39. The number of likely N-dealkylation sites (tertiary alicyclic amines) is 1. The average molecular weight is 407 g/mol. The number of fused-ring (bicyclic) bond motifs is 1. The number of pyridine rings is 1. The van der Waals surface area contributed by atoms with E-state index in [4.69, 9.17) is 10.1 Å². The lowest BCUT2D eigenvalue weighted by atomic mass is 9.97. The summed E-state index contributed by atoms with van der Waals surface area (Å²) in [5, 5.41) is 11.4. The Hall–Kier alpha value is -2.51. The summed E-state index contributed by atoms with van der Waals surface area (Å²) >= 11 is 1.75. The molecule has 1 fully saturated rings. The molecule has 1 aliphatic rings. The van der Waals surface area contributed by atoms with E-state index in [0.29, 0.717) is 12.0 Å². The Morgan fingerprint density at radius 1 is 1.21 bits per heavy atom. The third-order valence-corrected chi connectivity index (χ3v) is 6.53. The van der Waals surface area contributed by atoms with Crippen LogP contribution in [0.1, 0.15) is 50.0 Å². The van der Waals surface area contributed by atoms with Crippen LogP contribution in [0.3, 0.4) is 0 Å². The van der Waals surface area contributed by atoms with Crippen molar-refractivity contribution in [1.82, 2.24) is 29.3 Å². The van der Waals surface area contributed by atoms with Crippen molar-refractivity contribution in [2.75, 3.05) is 13.1 Å². The molecule has 7 heteroatoms. The van der Waals surface area contributed by atoms with E-state index < -0.39 is 0 Å². The molecule has 1 saturated heterocycles. The van der Waals surface area contributed by atoms with E-state index in [1.54, 1.807) is 11.3 Å². The van der Waals surface area contributed by atoms with Crippen LogP contribution in [-0.4, -0.2) is 42.4 Å². The maximum atomic E-state index is 4.84. The lowest BCUT2D eigenvalue weighted by Crippen LogP contribution is -2.34. The monoisotopic (exact) mass is 406 g/mol. The van der Waals surface area contributed by atoms with Crippen LogP contribution in [0.2, 0.25) is 0 Å². The molecule has 29 heavy (non-hydrogen) atoms.